The number of rotatable bonds is 4. The lowest BCUT2D eigenvalue weighted by Crippen LogP contribution is -2.31. The topological polar surface area (TPSA) is 94.4 Å². The number of nitrogens with two attached hydrogens (primary N) is 1. The molecule has 0 radical (unpaired) electrons. The predicted molar refractivity (Wildman–Crippen MR) is 92.4 cm³/mol. The van der Waals surface area contributed by atoms with Gasteiger partial charge in [-0.15, -0.1) is 0 Å². The van der Waals surface area contributed by atoms with Crippen LogP contribution in [0.4, 0.5) is 17.1 Å². The fraction of sp³-hybridized carbons (Fsp3) is 0.353. The van der Waals surface area contributed by atoms with E-state index in [4.69, 9.17) is 5.73 Å². The summed E-state index contributed by atoms with van der Waals surface area (Å²) in [5, 5.41) is 10.9. The average molecular weight is 328 g/mol. The zero-order valence-corrected chi connectivity index (χ0v) is 13.8. The van der Waals surface area contributed by atoms with Crippen molar-refractivity contribution in [2.24, 2.45) is 0 Å². The minimum Gasteiger partial charge on any atom is -0.397 e. The highest BCUT2D eigenvalue weighted by molar-refractivity contribution is 6.08. The number of aromatic nitrogens is 1. The maximum atomic E-state index is 13.1. The van der Waals surface area contributed by atoms with Crippen molar-refractivity contribution in [1.82, 2.24) is 4.57 Å². The third-order valence-electron chi connectivity index (χ3n) is 4.53. The molecule has 0 saturated carbocycles. The Balaban J connectivity index is 2.01. The van der Waals surface area contributed by atoms with Crippen molar-refractivity contribution >= 4 is 23.0 Å². The number of hydrogen-bond acceptors (Lipinski definition) is 4. The van der Waals surface area contributed by atoms with Crippen LogP contribution in [0.2, 0.25) is 0 Å². The first kappa shape index (κ1) is 16.0. The number of anilines is 2. The van der Waals surface area contributed by atoms with Gasteiger partial charge in [0.15, 0.2) is 0 Å². The molecule has 0 aliphatic carbocycles. The standard InChI is InChI=1S/C17H20N4O3/c1-3-13-14(18)10-19(4-2)16(13)17(22)20-8-7-11-9-12(21(23)24)5-6-15(11)20/h5-6,9-10H,3-4,7-8,18H2,1-2H3. The second kappa shape index (κ2) is 5.99. The summed E-state index contributed by atoms with van der Waals surface area (Å²) in [6.45, 7) is 5.13. The number of aryl methyl sites for hydroxylation is 1. The lowest BCUT2D eigenvalue weighted by atomic mass is 10.1. The van der Waals surface area contributed by atoms with Crippen LogP contribution < -0.4 is 10.6 Å². The van der Waals surface area contributed by atoms with Crippen molar-refractivity contribution in [2.45, 2.75) is 33.2 Å². The van der Waals surface area contributed by atoms with E-state index in [-0.39, 0.29) is 11.6 Å². The molecule has 2 heterocycles. The Morgan fingerprint density at radius 1 is 1.38 bits per heavy atom. The zero-order valence-electron chi connectivity index (χ0n) is 13.8. The van der Waals surface area contributed by atoms with E-state index in [2.05, 4.69) is 0 Å². The van der Waals surface area contributed by atoms with Crippen molar-refractivity contribution in [1.29, 1.82) is 0 Å². The number of nitro benzene ring substituents is 1. The normalized spacial score (nSPS) is 13.2. The first-order valence-corrected chi connectivity index (χ1v) is 8.04. The first-order valence-electron chi connectivity index (χ1n) is 8.04. The van der Waals surface area contributed by atoms with E-state index in [1.807, 2.05) is 18.4 Å². The molecule has 24 heavy (non-hydrogen) atoms. The molecule has 1 aromatic carbocycles. The van der Waals surface area contributed by atoms with Crippen LogP contribution in [-0.4, -0.2) is 21.9 Å². The summed E-state index contributed by atoms with van der Waals surface area (Å²) in [4.78, 5) is 25.3. The molecule has 0 saturated heterocycles. The molecule has 0 atom stereocenters. The smallest absolute Gasteiger partial charge is 0.275 e. The summed E-state index contributed by atoms with van der Waals surface area (Å²) in [5.41, 5.74) is 9.78. The molecular formula is C17H20N4O3. The van der Waals surface area contributed by atoms with Crippen molar-refractivity contribution in [3.63, 3.8) is 0 Å². The predicted octanol–water partition coefficient (Wildman–Crippen LogP) is 2.76. The summed E-state index contributed by atoms with van der Waals surface area (Å²) in [6, 6.07) is 4.65. The fourth-order valence-electron chi connectivity index (χ4n) is 3.33. The van der Waals surface area contributed by atoms with Crippen LogP contribution >= 0.6 is 0 Å². The highest BCUT2D eigenvalue weighted by Crippen LogP contribution is 2.33. The van der Waals surface area contributed by atoms with Gasteiger partial charge in [0.25, 0.3) is 11.6 Å². The van der Waals surface area contributed by atoms with Crippen LogP contribution in [0.25, 0.3) is 0 Å². The number of hydrogen-bond donors (Lipinski definition) is 1. The Hall–Kier alpha value is -2.83. The van der Waals surface area contributed by atoms with Gasteiger partial charge in [-0.1, -0.05) is 6.92 Å². The number of carbonyl (C=O) groups excluding carboxylic acids is 1. The number of nitrogens with zero attached hydrogens (tertiary/aromatic N) is 3. The fourth-order valence-corrected chi connectivity index (χ4v) is 3.33. The van der Waals surface area contributed by atoms with Crippen LogP contribution in [0.15, 0.2) is 24.4 Å². The van der Waals surface area contributed by atoms with Crippen LogP contribution in [0, 0.1) is 10.1 Å². The number of nitro groups is 1. The highest BCUT2D eigenvalue weighted by Gasteiger charge is 2.30. The Bertz CT molecular complexity index is 825. The van der Waals surface area contributed by atoms with E-state index in [0.717, 1.165) is 16.8 Å². The van der Waals surface area contributed by atoms with Crippen molar-refractivity contribution in [2.75, 3.05) is 17.2 Å². The number of carbonyl (C=O) groups is 1. The molecule has 1 aliphatic rings. The monoisotopic (exact) mass is 328 g/mol. The molecule has 3 rings (SSSR count). The van der Waals surface area contributed by atoms with Crippen molar-refractivity contribution in [3.8, 4) is 0 Å². The van der Waals surface area contributed by atoms with Gasteiger partial charge in [-0.3, -0.25) is 14.9 Å². The average Bonchev–Trinajstić information content (AvgIpc) is 3.13. The molecule has 0 spiro atoms. The maximum Gasteiger partial charge on any atom is 0.275 e. The summed E-state index contributed by atoms with van der Waals surface area (Å²) in [7, 11) is 0. The minimum atomic E-state index is -0.414. The largest absolute Gasteiger partial charge is 0.397 e. The molecule has 7 heteroatoms. The van der Waals surface area contributed by atoms with Gasteiger partial charge in [0.05, 0.1) is 10.6 Å². The molecular weight excluding hydrogens is 308 g/mol. The zero-order chi connectivity index (χ0) is 17.4. The van der Waals surface area contributed by atoms with Gasteiger partial charge < -0.3 is 15.2 Å². The first-order chi connectivity index (χ1) is 11.5. The molecule has 0 bridgehead atoms. The summed E-state index contributed by atoms with van der Waals surface area (Å²) < 4.78 is 1.87. The molecule has 2 N–H and O–H groups in total. The third-order valence-corrected chi connectivity index (χ3v) is 4.53. The number of benzene rings is 1. The second-order valence-corrected chi connectivity index (χ2v) is 5.83. The summed E-state index contributed by atoms with van der Waals surface area (Å²) >= 11 is 0. The minimum absolute atomic E-state index is 0.0541. The molecule has 0 unspecified atom stereocenters. The summed E-state index contributed by atoms with van der Waals surface area (Å²) in [5.74, 6) is -0.0991. The van der Waals surface area contributed by atoms with E-state index in [1.165, 1.54) is 6.07 Å². The van der Waals surface area contributed by atoms with Crippen LogP contribution in [0.3, 0.4) is 0 Å². The van der Waals surface area contributed by atoms with Gasteiger partial charge in [0, 0.05) is 42.7 Å². The SMILES string of the molecule is CCc1c(N)cn(CC)c1C(=O)N1CCc2cc([N+](=O)[O-])ccc21. The van der Waals surface area contributed by atoms with Crippen LogP contribution in [0.5, 0.6) is 0 Å². The molecule has 1 aromatic heterocycles. The van der Waals surface area contributed by atoms with E-state index in [9.17, 15) is 14.9 Å². The van der Waals surface area contributed by atoms with Gasteiger partial charge >= 0.3 is 0 Å². The Labute approximate surface area is 139 Å². The van der Waals surface area contributed by atoms with Gasteiger partial charge in [0.2, 0.25) is 0 Å². The molecule has 1 amide bonds. The number of non-ortho nitro benzene ring substituents is 1. The third kappa shape index (κ3) is 2.42. The van der Waals surface area contributed by atoms with Crippen molar-refractivity contribution in [3.05, 3.63) is 51.3 Å². The number of amides is 1. The van der Waals surface area contributed by atoms with Gasteiger partial charge in [-0.25, -0.2) is 0 Å². The van der Waals surface area contributed by atoms with E-state index in [1.54, 1.807) is 23.2 Å². The quantitative estimate of drug-likeness (QED) is 0.689. The van der Waals surface area contributed by atoms with Crippen LogP contribution in [0.1, 0.15) is 35.5 Å². The molecule has 2 aromatic rings. The molecule has 7 nitrogen and oxygen atoms in total. The van der Waals surface area contributed by atoms with E-state index < -0.39 is 4.92 Å². The Kier molecular flexibility index (Phi) is 4.01. The Morgan fingerprint density at radius 2 is 2.12 bits per heavy atom. The lowest BCUT2D eigenvalue weighted by Gasteiger charge is -2.19. The van der Waals surface area contributed by atoms with E-state index in [0.29, 0.717) is 37.3 Å². The van der Waals surface area contributed by atoms with E-state index >= 15 is 0 Å². The second-order valence-electron chi connectivity index (χ2n) is 5.83. The van der Waals surface area contributed by atoms with Gasteiger partial charge in [-0.2, -0.15) is 0 Å². The van der Waals surface area contributed by atoms with Crippen molar-refractivity contribution < 1.29 is 9.72 Å². The Morgan fingerprint density at radius 3 is 2.75 bits per heavy atom. The van der Waals surface area contributed by atoms with Gasteiger partial charge in [-0.05, 0) is 31.4 Å². The molecule has 126 valence electrons. The lowest BCUT2D eigenvalue weighted by molar-refractivity contribution is -0.384. The maximum absolute atomic E-state index is 13.1. The molecule has 0 fully saturated rings. The molecule has 1 aliphatic heterocycles. The number of fused-ring (bicyclic) bond motifs is 1. The summed E-state index contributed by atoms with van der Waals surface area (Å²) in [6.07, 6.45) is 3.10. The highest BCUT2D eigenvalue weighted by atomic mass is 16.6. The van der Waals surface area contributed by atoms with Crippen LogP contribution in [-0.2, 0) is 19.4 Å². The van der Waals surface area contributed by atoms with Gasteiger partial charge in [0.1, 0.15) is 5.69 Å². The number of nitrogen functional groups attached to an aromatic ring is 1.